The third kappa shape index (κ3) is 7.68. The first-order chi connectivity index (χ1) is 25.1. The number of nitrogens with one attached hydrogen (secondary N) is 1. The molecule has 0 bridgehead atoms. The van der Waals surface area contributed by atoms with Gasteiger partial charge in [-0.3, -0.25) is 24.6 Å². The van der Waals surface area contributed by atoms with Crippen LogP contribution >= 0.6 is 24.4 Å². The summed E-state index contributed by atoms with van der Waals surface area (Å²) >= 11 is 6.77. The molecule has 4 aliphatic rings. The van der Waals surface area contributed by atoms with E-state index in [0.717, 1.165) is 66.5 Å². The van der Waals surface area contributed by atoms with E-state index in [4.69, 9.17) is 17.4 Å². The van der Waals surface area contributed by atoms with Gasteiger partial charge in [-0.2, -0.15) is 29.7 Å². The van der Waals surface area contributed by atoms with Gasteiger partial charge in [-0.05, 0) is 85.9 Å². The lowest BCUT2D eigenvalue weighted by Gasteiger charge is -2.39. The highest BCUT2D eigenvalue weighted by Gasteiger charge is 2.40. The maximum absolute atomic E-state index is 15.5. The Morgan fingerprint density at radius 2 is 1.88 bits per heavy atom. The smallest absolute Gasteiger partial charge is 0.255 e. The fraction of sp³-hybridized carbons (Fsp3) is 0.450. The molecule has 0 spiro atoms. The second-order valence-corrected chi connectivity index (χ2v) is 16.4. The Kier molecular flexibility index (Phi) is 10.8. The van der Waals surface area contributed by atoms with Crippen LogP contribution in [0, 0.1) is 17.1 Å². The standard InChI is InChI=1S/C40H44FN5O4S2/c1-26(44-15-17-45(18-16-44)31-9-8-29(22-42)28(20-31)12-19-52-25-40(51)13-3-14-40)27-6-7-30(34(41)21-27)24-50-36-5-2-4-32-33(36)23-46(39(32)49)35-10-11-37(47)43-38(35)48/h2,4-9,20-21,26,35,51H,3,10-19,23-25H2,1H3,(H,43,47,48)/t26?,35-/m0/s1. The van der Waals surface area contributed by atoms with E-state index in [9.17, 15) is 19.6 Å². The normalized spacial score (nSPS) is 20.6. The third-order valence-corrected chi connectivity index (χ3v) is 13.2. The van der Waals surface area contributed by atoms with Crippen LogP contribution in [0.1, 0.15) is 83.2 Å². The van der Waals surface area contributed by atoms with Crippen molar-refractivity contribution in [1.82, 2.24) is 15.1 Å². The first-order valence-corrected chi connectivity index (χ1v) is 19.7. The van der Waals surface area contributed by atoms with Gasteiger partial charge in [-0.15, -0.1) is 0 Å². The minimum Gasteiger partial charge on any atom is -0.488 e. The Morgan fingerprint density at radius 3 is 2.60 bits per heavy atom. The number of carbonyl (C=O) groups excluding carboxylic acids is 3. The van der Waals surface area contributed by atoms with Crippen molar-refractivity contribution in [1.29, 1.82) is 5.26 Å². The summed E-state index contributed by atoms with van der Waals surface area (Å²) in [5.41, 5.74) is 5.40. The maximum Gasteiger partial charge on any atom is 0.255 e. The number of aryl methyl sites for hydroxylation is 1. The van der Waals surface area contributed by atoms with Crippen LogP contribution < -0.4 is 15.0 Å². The number of nitriles is 1. The van der Waals surface area contributed by atoms with Gasteiger partial charge in [0, 0.05) is 71.5 Å². The van der Waals surface area contributed by atoms with Gasteiger partial charge in [-0.1, -0.05) is 24.6 Å². The van der Waals surface area contributed by atoms with Crippen molar-refractivity contribution < 1.29 is 23.5 Å². The molecule has 52 heavy (non-hydrogen) atoms. The number of benzene rings is 3. The first kappa shape index (κ1) is 36.3. The van der Waals surface area contributed by atoms with Crippen molar-refractivity contribution in [2.75, 3.05) is 42.6 Å². The van der Waals surface area contributed by atoms with Crippen molar-refractivity contribution in [2.45, 2.75) is 75.4 Å². The highest BCUT2D eigenvalue weighted by molar-refractivity contribution is 8.00. The Morgan fingerprint density at radius 1 is 1.08 bits per heavy atom. The number of halogens is 1. The zero-order chi connectivity index (χ0) is 36.4. The highest BCUT2D eigenvalue weighted by Crippen LogP contribution is 2.40. The van der Waals surface area contributed by atoms with Crippen LogP contribution in [-0.4, -0.2) is 76.0 Å². The minimum atomic E-state index is -0.717. The van der Waals surface area contributed by atoms with Gasteiger partial charge in [0.25, 0.3) is 5.91 Å². The van der Waals surface area contributed by atoms with Gasteiger partial charge in [0.05, 0.1) is 18.2 Å². The number of hydrogen-bond acceptors (Lipinski definition) is 9. The molecule has 1 aliphatic carbocycles. The SMILES string of the molecule is CC(c1ccc(COc2cccc3c2CN([C@H]2CCC(=O)NC2=O)C3=O)c(F)c1)N1CCN(c2ccc(C#N)c(CCSCC3(S)CCC3)c2)CC1. The van der Waals surface area contributed by atoms with E-state index in [1.165, 1.54) is 24.2 Å². The average Bonchev–Trinajstić information content (AvgIpc) is 3.48. The Balaban J connectivity index is 0.927. The molecule has 12 heteroatoms. The van der Waals surface area contributed by atoms with Crippen molar-refractivity contribution in [3.63, 3.8) is 0 Å². The molecule has 3 aromatic rings. The summed E-state index contributed by atoms with van der Waals surface area (Å²) in [7, 11) is 0. The van der Waals surface area contributed by atoms with Crippen LogP contribution in [0.3, 0.4) is 0 Å². The van der Waals surface area contributed by atoms with Crippen LogP contribution in [0.25, 0.3) is 0 Å². The van der Waals surface area contributed by atoms with Gasteiger partial charge >= 0.3 is 0 Å². The van der Waals surface area contributed by atoms with Crippen LogP contribution in [0.15, 0.2) is 54.6 Å². The predicted octanol–water partition coefficient (Wildman–Crippen LogP) is 6.05. The van der Waals surface area contributed by atoms with Gasteiger partial charge in [0.1, 0.15) is 24.2 Å². The molecule has 9 nitrogen and oxygen atoms in total. The van der Waals surface area contributed by atoms with Crippen LogP contribution in [0.5, 0.6) is 5.75 Å². The predicted molar refractivity (Wildman–Crippen MR) is 203 cm³/mol. The maximum atomic E-state index is 15.5. The van der Waals surface area contributed by atoms with Crippen LogP contribution in [-0.2, 0) is 29.2 Å². The molecule has 7 rings (SSSR count). The Labute approximate surface area is 314 Å². The van der Waals surface area contributed by atoms with Gasteiger partial charge < -0.3 is 14.5 Å². The lowest BCUT2D eigenvalue weighted by Crippen LogP contribution is -2.52. The molecule has 0 aromatic heterocycles. The summed E-state index contributed by atoms with van der Waals surface area (Å²) < 4.78 is 21.8. The number of piperidine rings is 1. The zero-order valence-electron chi connectivity index (χ0n) is 29.4. The number of rotatable bonds is 12. The van der Waals surface area contributed by atoms with Gasteiger partial charge in [0.2, 0.25) is 11.8 Å². The summed E-state index contributed by atoms with van der Waals surface area (Å²) in [6.45, 7) is 5.62. The summed E-state index contributed by atoms with van der Waals surface area (Å²) in [6, 6.07) is 18.3. The number of carbonyl (C=O) groups is 3. The summed E-state index contributed by atoms with van der Waals surface area (Å²) in [4.78, 5) is 43.5. The van der Waals surface area contributed by atoms with Crippen LogP contribution in [0.2, 0.25) is 0 Å². The quantitative estimate of drug-likeness (QED) is 0.132. The number of anilines is 1. The summed E-state index contributed by atoms with van der Waals surface area (Å²) in [5, 5.41) is 12.0. The molecule has 0 radical (unpaired) electrons. The van der Waals surface area contributed by atoms with E-state index < -0.39 is 11.9 Å². The van der Waals surface area contributed by atoms with Crippen molar-refractivity contribution in [3.8, 4) is 11.8 Å². The number of ether oxygens (including phenoxy) is 1. The first-order valence-electron chi connectivity index (χ1n) is 18.1. The molecule has 2 atom stereocenters. The Bertz CT molecular complexity index is 1900. The highest BCUT2D eigenvalue weighted by atomic mass is 32.2. The number of thioether (sulfide) groups is 1. The largest absolute Gasteiger partial charge is 0.488 e. The van der Waals surface area contributed by atoms with E-state index in [0.29, 0.717) is 22.4 Å². The number of amides is 3. The molecule has 2 saturated heterocycles. The lowest BCUT2D eigenvalue weighted by molar-refractivity contribution is -0.136. The molecule has 3 heterocycles. The second kappa shape index (κ2) is 15.5. The lowest BCUT2D eigenvalue weighted by atomic mass is 9.86. The van der Waals surface area contributed by atoms with Crippen LogP contribution in [0.4, 0.5) is 10.1 Å². The van der Waals surface area contributed by atoms with E-state index >= 15 is 4.39 Å². The molecule has 272 valence electrons. The van der Waals surface area contributed by atoms with E-state index in [1.807, 2.05) is 23.9 Å². The number of imide groups is 1. The number of hydrogen-bond donors (Lipinski definition) is 2. The number of thiol groups is 1. The van der Waals surface area contributed by atoms with Crippen molar-refractivity contribution in [2.24, 2.45) is 0 Å². The average molecular weight is 742 g/mol. The molecule has 1 N–H and O–H groups in total. The topological polar surface area (TPSA) is 106 Å². The monoisotopic (exact) mass is 741 g/mol. The van der Waals surface area contributed by atoms with E-state index in [1.54, 1.807) is 30.3 Å². The number of piperazine rings is 1. The fourth-order valence-electron chi connectivity index (χ4n) is 7.63. The summed E-state index contributed by atoms with van der Waals surface area (Å²) in [5.74, 6) is 1.08. The number of fused-ring (bicyclic) bond motifs is 1. The molecule has 3 fully saturated rings. The molecule has 3 aromatic carbocycles. The van der Waals surface area contributed by atoms with Crippen molar-refractivity contribution >= 4 is 47.8 Å². The Hall–Kier alpha value is -4.05. The fourth-order valence-corrected chi connectivity index (χ4v) is 9.40. The summed E-state index contributed by atoms with van der Waals surface area (Å²) in [6.07, 6.45) is 4.99. The molecule has 3 amide bonds. The molecular formula is C40H44FN5O4S2. The molecule has 1 unspecified atom stereocenters. The van der Waals surface area contributed by atoms with E-state index in [-0.39, 0.29) is 54.4 Å². The third-order valence-electron chi connectivity index (χ3n) is 11.1. The van der Waals surface area contributed by atoms with E-state index in [2.05, 4.69) is 40.2 Å². The second-order valence-electron chi connectivity index (χ2n) is 14.4. The van der Waals surface area contributed by atoms with Crippen molar-refractivity contribution in [3.05, 3.63) is 93.8 Å². The van der Waals surface area contributed by atoms with Gasteiger partial charge in [-0.25, -0.2) is 4.39 Å². The molecule has 3 aliphatic heterocycles. The molecular weight excluding hydrogens is 698 g/mol. The number of nitrogens with zero attached hydrogens (tertiary/aromatic N) is 4. The molecule has 1 saturated carbocycles. The minimum absolute atomic E-state index is 0.0105. The zero-order valence-corrected chi connectivity index (χ0v) is 31.1. The van der Waals surface area contributed by atoms with Gasteiger partial charge in [0.15, 0.2) is 0 Å².